The second-order valence-corrected chi connectivity index (χ2v) is 8.87. The van der Waals surface area contributed by atoms with Gasteiger partial charge in [0.05, 0.1) is 44.8 Å². The summed E-state index contributed by atoms with van der Waals surface area (Å²) in [6.07, 6.45) is 7.10. The van der Waals surface area contributed by atoms with E-state index in [1.54, 1.807) is 24.8 Å². The number of pyridine rings is 2. The summed E-state index contributed by atoms with van der Waals surface area (Å²) in [6.45, 7) is 0. The van der Waals surface area contributed by atoms with Gasteiger partial charge in [-0.3, -0.25) is 9.97 Å². The highest BCUT2D eigenvalue weighted by Crippen LogP contribution is 2.35. The fraction of sp³-hybridized carbons (Fsp3) is 0. The van der Waals surface area contributed by atoms with Gasteiger partial charge in [-0.2, -0.15) is 0 Å². The Balaban J connectivity index is 1.46. The molecule has 6 heteroatoms. The van der Waals surface area contributed by atoms with Crippen molar-refractivity contribution in [1.29, 1.82) is 0 Å². The number of fused-ring (bicyclic) bond motifs is 2. The van der Waals surface area contributed by atoms with Gasteiger partial charge in [0.1, 0.15) is 0 Å². The van der Waals surface area contributed by atoms with Crippen LogP contribution in [0.1, 0.15) is 0 Å². The quantitative estimate of drug-likeness (QED) is 0.265. The summed E-state index contributed by atoms with van der Waals surface area (Å²) < 4.78 is 0. The van der Waals surface area contributed by atoms with Crippen LogP contribution in [-0.2, 0) is 0 Å². The van der Waals surface area contributed by atoms with Crippen molar-refractivity contribution < 1.29 is 0 Å². The molecule has 0 spiro atoms. The molecular formula is C32H20N6. The second kappa shape index (κ2) is 9.26. The van der Waals surface area contributed by atoms with E-state index in [-0.39, 0.29) is 0 Å². The average molecular weight is 489 g/mol. The molecule has 0 amide bonds. The van der Waals surface area contributed by atoms with Gasteiger partial charge in [-0.05, 0) is 54.6 Å². The maximum atomic E-state index is 5.06. The van der Waals surface area contributed by atoms with Gasteiger partial charge in [0.15, 0.2) is 0 Å². The van der Waals surface area contributed by atoms with Crippen molar-refractivity contribution in [3.63, 3.8) is 0 Å². The Kier molecular flexibility index (Phi) is 5.33. The van der Waals surface area contributed by atoms with Crippen molar-refractivity contribution in [3.8, 4) is 45.0 Å². The highest BCUT2D eigenvalue weighted by molar-refractivity contribution is 5.90. The van der Waals surface area contributed by atoms with E-state index in [0.717, 1.165) is 67.1 Å². The molecule has 7 rings (SSSR count). The zero-order valence-corrected chi connectivity index (χ0v) is 20.2. The summed E-state index contributed by atoms with van der Waals surface area (Å²) in [7, 11) is 0. The second-order valence-electron chi connectivity index (χ2n) is 8.87. The van der Waals surface area contributed by atoms with Crippen LogP contribution in [0.2, 0.25) is 0 Å². The molecule has 178 valence electrons. The number of para-hydroxylation sites is 4. The molecule has 0 radical (unpaired) electrons. The number of hydrogen-bond donors (Lipinski definition) is 0. The van der Waals surface area contributed by atoms with E-state index in [0.29, 0.717) is 0 Å². The predicted molar refractivity (Wildman–Crippen MR) is 150 cm³/mol. The third kappa shape index (κ3) is 3.94. The Morgan fingerprint density at radius 1 is 0.316 bits per heavy atom. The van der Waals surface area contributed by atoms with Crippen LogP contribution >= 0.6 is 0 Å². The fourth-order valence-electron chi connectivity index (χ4n) is 4.64. The fourth-order valence-corrected chi connectivity index (χ4v) is 4.64. The van der Waals surface area contributed by atoms with E-state index in [1.807, 2.05) is 78.9 Å². The summed E-state index contributed by atoms with van der Waals surface area (Å²) in [5.41, 5.74) is 10.4. The first-order valence-electron chi connectivity index (χ1n) is 12.3. The number of aromatic nitrogens is 6. The molecule has 4 aromatic heterocycles. The molecule has 0 N–H and O–H groups in total. The molecular weight excluding hydrogens is 468 g/mol. The van der Waals surface area contributed by atoms with Crippen molar-refractivity contribution in [2.45, 2.75) is 0 Å². The topological polar surface area (TPSA) is 77.3 Å². The molecule has 0 bridgehead atoms. The Labute approximate surface area is 218 Å². The van der Waals surface area contributed by atoms with Crippen LogP contribution in [0.25, 0.3) is 67.1 Å². The zero-order chi connectivity index (χ0) is 25.3. The van der Waals surface area contributed by atoms with Gasteiger partial charge < -0.3 is 0 Å². The van der Waals surface area contributed by atoms with Crippen molar-refractivity contribution in [2.24, 2.45) is 0 Å². The molecule has 6 nitrogen and oxygen atoms in total. The van der Waals surface area contributed by atoms with E-state index in [4.69, 9.17) is 19.9 Å². The van der Waals surface area contributed by atoms with Crippen molar-refractivity contribution in [1.82, 2.24) is 29.9 Å². The SMILES string of the molecule is c1cc(-c2nc3ccccc3nc2-c2ccncc2)cc(-c2nc3ccccc3nc2-c2ccncc2)c1. The molecule has 4 heterocycles. The lowest BCUT2D eigenvalue weighted by molar-refractivity contribution is 1.26. The van der Waals surface area contributed by atoms with Crippen LogP contribution in [0.3, 0.4) is 0 Å². The zero-order valence-electron chi connectivity index (χ0n) is 20.2. The molecule has 7 aromatic rings. The number of hydrogen-bond acceptors (Lipinski definition) is 6. The van der Waals surface area contributed by atoms with Crippen molar-refractivity contribution in [3.05, 3.63) is 122 Å². The lowest BCUT2D eigenvalue weighted by Gasteiger charge is -2.13. The summed E-state index contributed by atoms with van der Waals surface area (Å²) in [4.78, 5) is 28.5. The first-order valence-corrected chi connectivity index (χ1v) is 12.3. The normalized spacial score (nSPS) is 11.2. The Morgan fingerprint density at radius 3 is 1.03 bits per heavy atom. The van der Waals surface area contributed by atoms with E-state index in [2.05, 4.69) is 28.2 Å². The van der Waals surface area contributed by atoms with E-state index in [1.165, 1.54) is 0 Å². The number of rotatable bonds is 4. The highest BCUT2D eigenvalue weighted by atomic mass is 14.8. The summed E-state index contributed by atoms with van der Waals surface area (Å²) in [5.74, 6) is 0. The number of benzene rings is 3. The van der Waals surface area contributed by atoms with Crippen LogP contribution < -0.4 is 0 Å². The number of nitrogens with zero attached hydrogens (tertiary/aromatic N) is 6. The minimum atomic E-state index is 0.802. The van der Waals surface area contributed by atoms with Gasteiger partial charge in [-0.15, -0.1) is 0 Å². The van der Waals surface area contributed by atoms with Crippen LogP contribution in [0, 0.1) is 0 Å². The van der Waals surface area contributed by atoms with Gasteiger partial charge in [-0.1, -0.05) is 42.5 Å². The van der Waals surface area contributed by atoms with Crippen LogP contribution in [0.5, 0.6) is 0 Å². The first-order chi connectivity index (χ1) is 18.8. The lowest BCUT2D eigenvalue weighted by Crippen LogP contribution is -1.98. The third-order valence-electron chi connectivity index (χ3n) is 6.46. The van der Waals surface area contributed by atoms with Gasteiger partial charge >= 0.3 is 0 Å². The van der Waals surface area contributed by atoms with E-state index >= 15 is 0 Å². The molecule has 38 heavy (non-hydrogen) atoms. The molecule has 0 aliphatic carbocycles. The summed E-state index contributed by atoms with van der Waals surface area (Å²) in [6, 6.07) is 32.0. The standard InChI is InChI=1S/C32H20N6/c1-3-10-27-25(8-1)35-29(21-12-16-33-17-13-21)31(37-27)23-6-5-7-24(20-23)32-30(22-14-18-34-19-15-22)36-26-9-2-4-11-28(26)38-32/h1-20H. The Morgan fingerprint density at radius 2 is 0.658 bits per heavy atom. The van der Waals surface area contributed by atoms with Gasteiger partial charge in [0, 0.05) is 47.0 Å². The monoisotopic (exact) mass is 488 g/mol. The smallest absolute Gasteiger partial charge is 0.0974 e. The summed E-state index contributed by atoms with van der Waals surface area (Å²) in [5, 5.41) is 0. The predicted octanol–water partition coefficient (Wildman–Crippen LogP) is 7.03. The molecule has 0 aliphatic heterocycles. The Hall–Kier alpha value is -5.36. The van der Waals surface area contributed by atoms with Crippen LogP contribution in [0.4, 0.5) is 0 Å². The molecule has 3 aromatic carbocycles. The Bertz CT molecular complexity index is 1780. The van der Waals surface area contributed by atoms with Crippen LogP contribution in [-0.4, -0.2) is 29.9 Å². The first kappa shape index (κ1) is 21.9. The largest absolute Gasteiger partial charge is 0.265 e. The third-order valence-corrected chi connectivity index (χ3v) is 6.46. The van der Waals surface area contributed by atoms with Gasteiger partial charge in [-0.25, -0.2) is 19.9 Å². The minimum absolute atomic E-state index is 0.802. The van der Waals surface area contributed by atoms with Gasteiger partial charge in [0.25, 0.3) is 0 Å². The summed E-state index contributed by atoms with van der Waals surface area (Å²) >= 11 is 0. The maximum Gasteiger partial charge on any atom is 0.0974 e. The molecule has 0 atom stereocenters. The minimum Gasteiger partial charge on any atom is -0.265 e. The molecule has 0 saturated carbocycles. The van der Waals surface area contributed by atoms with Crippen molar-refractivity contribution in [2.75, 3.05) is 0 Å². The lowest BCUT2D eigenvalue weighted by atomic mass is 9.99. The molecule has 0 unspecified atom stereocenters. The molecule has 0 aliphatic rings. The molecule has 0 saturated heterocycles. The van der Waals surface area contributed by atoms with Crippen LogP contribution in [0.15, 0.2) is 122 Å². The maximum absolute atomic E-state index is 5.06. The van der Waals surface area contributed by atoms with Gasteiger partial charge in [0.2, 0.25) is 0 Å². The van der Waals surface area contributed by atoms with E-state index < -0.39 is 0 Å². The van der Waals surface area contributed by atoms with E-state index in [9.17, 15) is 0 Å². The van der Waals surface area contributed by atoms with Crippen molar-refractivity contribution >= 4 is 22.1 Å². The molecule has 0 fully saturated rings. The average Bonchev–Trinajstić information content (AvgIpc) is 3.00. The highest BCUT2D eigenvalue weighted by Gasteiger charge is 2.17.